The average molecular weight is 625 g/mol. The van der Waals surface area contributed by atoms with Gasteiger partial charge in [0.15, 0.2) is 0 Å². The second-order valence-electron chi connectivity index (χ2n) is 12.8. The van der Waals surface area contributed by atoms with Gasteiger partial charge in [0.2, 0.25) is 0 Å². The van der Waals surface area contributed by atoms with Crippen LogP contribution in [0.25, 0.3) is 55.3 Å². The van der Waals surface area contributed by atoms with Gasteiger partial charge in [0.1, 0.15) is 11.2 Å². The van der Waals surface area contributed by atoms with Gasteiger partial charge in [-0.05, 0) is 110 Å². The molecule has 6 aromatic rings. The van der Waals surface area contributed by atoms with E-state index in [0.717, 1.165) is 81.7 Å². The zero-order valence-corrected chi connectivity index (χ0v) is 27.9. The van der Waals surface area contributed by atoms with Crippen molar-refractivity contribution >= 4 is 33.3 Å². The van der Waals surface area contributed by atoms with E-state index in [-0.39, 0.29) is 16.7 Å². The van der Waals surface area contributed by atoms with E-state index in [9.17, 15) is 9.59 Å². The summed E-state index contributed by atoms with van der Waals surface area (Å²) in [6.07, 6.45) is 0. The Balaban J connectivity index is 1.25. The number of fused-ring (bicyclic) bond motifs is 5. The smallest absolute Gasteiger partial charge is 0.344 e. The molecule has 6 heteroatoms. The predicted molar refractivity (Wildman–Crippen MR) is 194 cm³/mol. The fraction of sp³-hybridized carbons (Fsp3) is 0.268. The highest BCUT2D eigenvalue weighted by atomic mass is 16.4. The monoisotopic (exact) mass is 624 g/mol. The third-order valence-corrected chi connectivity index (χ3v) is 9.99. The lowest BCUT2D eigenvalue weighted by molar-refractivity contribution is 0.563. The van der Waals surface area contributed by atoms with Gasteiger partial charge < -0.3 is 18.6 Å². The molecule has 0 unspecified atom stereocenters. The molecule has 0 bridgehead atoms. The predicted octanol–water partition coefficient (Wildman–Crippen LogP) is 9.23. The summed E-state index contributed by atoms with van der Waals surface area (Å²) >= 11 is 0. The first-order valence-electron chi connectivity index (χ1n) is 16.6. The quantitative estimate of drug-likeness (QED) is 0.157. The summed E-state index contributed by atoms with van der Waals surface area (Å²) in [4.78, 5) is 31.1. The molecule has 0 saturated heterocycles. The van der Waals surface area contributed by atoms with E-state index in [1.54, 1.807) is 0 Å². The van der Waals surface area contributed by atoms with Gasteiger partial charge in [-0.15, -0.1) is 0 Å². The number of anilines is 2. The average Bonchev–Trinajstić information content (AvgIpc) is 3.30. The standard InChI is InChI=1S/C41H40N2O4/c1-7-42(8-2)29-15-11-27-19-33(39(44)46-37(27)23-29)25-13-17-31-32-18-14-26(22-36(32)41(5,6)35(31)21-25)34-20-28-12-16-30(43(9-3)10-4)24-38(28)47-40(34)45/h11-24H,7-10H2,1-6H3. The van der Waals surface area contributed by atoms with Gasteiger partial charge in [-0.1, -0.05) is 38.1 Å². The molecule has 0 radical (unpaired) electrons. The lowest BCUT2D eigenvalue weighted by Crippen LogP contribution is -2.21. The van der Waals surface area contributed by atoms with E-state index in [2.05, 4.69) is 87.7 Å². The summed E-state index contributed by atoms with van der Waals surface area (Å²) in [5, 5.41) is 1.78. The van der Waals surface area contributed by atoms with Gasteiger partial charge in [0.05, 0.1) is 11.1 Å². The molecule has 4 aromatic carbocycles. The fourth-order valence-corrected chi connectivity index (χ4v) is 7.25. The zero-order chi connectivity index (χ0) is 33.0. The molecule has 47 heavy (non-hydrogen) atoms. The van der Waals surface area contributed by atoms with E-state index < -0.39 is 0 Å². The third kappa shape index (κ3) is 5.03. The van der Waals surface area contributed by atoms with Crippen LogP contribution in [0.3, 0.4) is 0 Å². The van der Waals surface area contributed by atoms with Gasteiger partial charge in [-0.25, -0.2) is 9.59 Å². The van der Waals surface area contributed by atoms with E-state index in [1.807, 2.05) is 48.5 Å². The second kappa shape index (κ2) is 11.6. The Bertz CT molecular complexity index is 2130. The largest absolute Gasteiger partial charge is 0.422 e. The van der Waals surface area contributed by atoms with Gasteiger partial charge in [-0.3, -0.25) is 0 Å². The van der Waals surface area contributed by atoms with Gasteiger partial charge in [0, 0.05) is 65.9 Å². The number of hydrogen-bond donors (Lipinski definition) is 0. The molecular weight excluding hydrogens is 584 g/mol. The molecule has 0 saturated carbocycles. The van der Waals surface area contributed by atoms with Crippen LogP contribution in [-0.4, -0.2) is 26.2 Å². The van der Waals surface area contributed by atoms with E-state index >= 15 is 0 Å². The molecule has 2 aromatic heterocycles. The van der Waals surface area contributed by atoms with Gasteiger partial charge in [0.25, 0.3) is 0 Å². The van der Waals surface area contributed by atoms with Crippen LogP contribution in [0, 0.1) is 0 Å². The van der Waals surface area contributed by atoms with Crippen molar-refractivity contribution in [2.24, 2.45) is 0 Å². The molecule has 0 atom stereocenters. The Morgan fingerprint density at radius 3 is 1.30 bits per heavy atom. The minimum absolute atomic E-state index is 0.350. The van der Waals surface area contributed by atoms with Crippen molar-refractivity contribution in [2.75, 3.05) is 36.0 Å². The highest BCUT2D eigenvalue weighted by Gasteiger charge is 2.36. The molecule has 0 amide bonds. The maximum atomic E-state index is 13.3. The molecule has 7 rings (SSSR count). The summed E-state index contributed by atoms with van der Waals surface area (Å²) in [7, 11) is 0. The van der Waals surface area contributed by atoms with Crippen LogP contribution >= 0.6 is 0 Å². The lowest BCUT2D eigenvalue weighted by atomic mass is 9.81. The molecule has 238 valence electrons. The maximum absolute atomic E-state index is 13.3. The first kappa shape index (κ1) is 30.5. The normalized spacial score (nSPS) is 13.1. The number of nitrogens with zero attached hydrogens (tertiary/aromatic N) is 2. The molecule has 0 N–H and O–H groups in total. The molecule has 0 aliphatic heterocycles. The summed E-state index contributed by atoms with van der Waals surface area (Å²) < 4.78 is 11.7. The summed E-state index contributed by atoms with van der Waals surface area (Å²) in [5.41, 5.74) is 9.47. The van der Waals surface area contributed by atoms with Crippen molar-refractivity contribution in [3.8, 4) is 33.4 Å². The Labute approximate surface area is 274 Å². The Kier molecular flexibility index (Phi) is 7.54. The first-order chi connectivity index (χ1) is 22.7. The van der Waals surface area contributed by atoms with E-state index in [1.165, 1.54) is 0 Å². The van der Waals surface area contributed by atoms with Gasteiger partial charge >= 0.3 is 11.3 Å². The van der Waals surface area contributed by atoms with E-state index in [0.29, 0.717) is 22.3 Å². The molecule has 1 aliphatic carbocycles. The van der Waals surface area contributed by atoms with Crippen LogP contribution in [0.4, 0.5) is 11.4 Å². The minimum Gasteiger partial charge on any atom is -0.422 e. The highest BCUT2D eigenvalue weighted by Crippen LogP contribution is 2.50. The molecule has 6 nitrogen and oxygen atoms in total. The topological polar surface area (TPSA) is 66.9 Å². The lowest BCUT2D eigenvalue weighted by Gasteiger charge is -2.22. The van der Waals surface area contributed by atoms with Crippen LogP contribution in [0.1, 0.15) is 52.7 Å². The number of benzene rings is 4. The number of hydrogen-bond acceptors (Lipinski definition) is 6. The highest BCUT2D eigenvalue weighted by molar-refractivity contribution is 5.89. The third-order valence-electron chi connectivity index (χ3n) is 9.99. The fourth-order valence-electron chi connectivity index (χ4n) is 7.25. The zero-order valence-electron chi connectivity index (χ0n) is 27.9. The summed E-state index contributed by atoms with van der Waals surface area (Å²) in [6.45, 7) is 16.4. The van der Waals surface area contributed by atoms with Crippen molar-refractivity contribution in [3.63, 3.8) is 0 Å². The summed E-state index contributed by atoms with van der Waals surface area (Å²) in [6, 6.07) is 28.4. The summed E-state index contributed by atoms with van der Waals surface area (Å²) in [5.74, 6) is 0. The molecule has 0 spiro atoms. The molecule has 0 fully saturated rings. The molecular formula is C41H40N2O4. The first-order valence-corrected chi connectivity index (χ1v) is 16.6. The van der Waals surface area contributed by atoms with Crippen LogP contribution < -0.4 is 21.1 Å². The number of rotatable bonds is 8. The minimum atomic E-state index is -0.359. The van der Waals surface area contributed by atoms with E-state index in [4.69, 9.17) is 8.83 Å². The van der Waals surface area contributed by atoms with Crippen LogP contribution in [0.15, 0.2) is 103 Å². The van der Waals surface area contributed by atoms with Crippen LogP contribution in [-0.2, 0) is 5.41 Å². The maximum Gasteiger partial charge on any atom is 0.344 e. The molecule has 1 aliphatic rings. The van der Waals surface area contributed by atoms with Crippen molar-refractivity contribution in [2.45, 2.75) is 47.0 Å². The van der Waals surface area contributed by atoms with Crippen LogP contribution in [0.2, 0.25) is 0 Å². The van der Waals surface area contributed by atoms with Crippen molar-refractivity contribution in [1.82, 2.24) is 0 Å². The second-order valence-corrected chi connectivity index (χ2v) is 12.8. The Morgan fingerprint density at radius 2 is 0.915 bits per heavy atom. The van der Waals surface area contributed by atoms with Crippen molar-refractivity contribution in [3.05, 3.63) is 117 Å². The SMILES string of the molecule is CCN(CC)c1ccc2cc(-c3ccc4c(c3)C(C)(C)c3cc(-c5cc6ccc(N(CC)CC)cc6oc5=O)ccc3-4)c(=O)oc2c1. The Morgan fingerprint density at radius 1 is 0.511 bits per heavy atom. The van der Waals surface area contributed by atoms with Crippen molar-refractivity contribution < 1.29 is 8.83 Å². The van der Waals surface area contributed by atoms with Gasteiger partial charge in [-0.2, -0.15) is 0 Å². The van der Waals surface area contributed by atoms with Crippen molar-refractivity contribution in [1.29, 1.82) is 0 Å². The molecule has 2 heterocycles. The van der Waals surface area contributed by atoms with Crippen LogP contribution in [0.5, 0.6) is 0 Å². The Hall–Kier alpha value is -5.10.